The second-order valence-electron chi connectivity index (χ2n) is 5.24. The number of sulfonamides is 1. The molecule has 0 aromatic heterocycles. The molecule has 0 heterocycles. The molecule has 0 atom stereocenters. The minimum atomic E-state index is -3.64. The zero-order chi connectivity index (χ0) is 17.6. The van der Waals surface area contributed by atoms with Crippen LogP contribution >= 0.6 is 15.9 Å². The summed E-state index contributed by atoms with van der Waals surface area (Å²) in [4.78, 5) is 2.45. The van der Waals surface area contributed by atoms with E-state index in [4.69, 9.17) is 4.74 Å². The maximum Gasteiger partial charge on any atom is 0.276 e. The third-order valence-electron chi connectivity index (χ3n) is 3.42. The number of nitrogens with one attached hydrogen (secondary N) is 1. The summed E-state index contributed by atoms with van der Waals surface area (Å²) in [5.74, 6) is 0.811. The zero-order valence-corrected chi connectivity index (χ0v) is 15.9. The monoisotopic (exact) mass is 410 g/mol. The van der Waals surface area contributed by atoms with Crippen LogP contribution in [0, 0.1) is 0 Å². The highest BCUT2D eigenvalue weighted by Gasteiger charge is 2.12. The average Bonchev–Trinajstić information content (AvgIpc) is 2.59. The van der Waals surface area contributed by atoms with Crippen LogP contribution in [0.15, 0.2) is 63.0 Å². The van der Waals surface area contributed by atoms with Gasteiger partial charge in [0.1, 0.15) is 5.75 Å². The van der Waals surface area contributed by atoms with Crippen molar-refractivity contribution in [2.24, 2.45) is 5.10 Å². The molecule has 0 spiro atoms. The maximum absolute atomic E-state index is 12.1. The van der Waals surface area contributed by atoms with Crippen LogP contribution in [0.25, 0.3) is 0 Å². The van der Waals surface area contributed by atoms with E-state index in [1.165, 1.54) is 12.1 Å². The predicted octanol–water partition coefficient (Wildman–Crippen LogP) is 3.74. The van der Waals surface area contributed by atoms with Gasteiger partial charge in [-0.3, -0.25) is 0 Å². The highest BCUT2D eigenvalue weighted by molar-refractivity contribution is 9.10. The van der Waals surface area contributed by atoms with Gasteiger partial charge < -0.3 is 4.74 Å². The van der Waals surface area contributed by atoms with Crippen molar-refractivity contribution in [3.05, 3.63) is 58.6 Å². The van der Waals surface area contributed by atoms with Crippen LogP contribution in [0.4, 0.5) is 0 Å². The Morgan fingerprint density at radius 3 is 2.33 bits per heavy atom. The normalized spacial score (nSPS) is 12.0. The maximum atomic E-state index is 12.1. The molecule has 0 saturated carbocycles. The first-order valence-electron chi connectivity index (χ1n) is 7.34. The van der Waals surface area contributed by atoms with Crippen molar-refractivity contribution in [3.63, 3.8) is 0 Å². The molecule has 0 saturated heterocycles. The summed E-state index contributed by atoms with van der Waals surface area (Å²) in [7, 11) is -2.01. The van der Waals surface area contributed by atoms with E-state index in [9.17, 15) is 8.42 Å². The summed E-state index contributed by atoms with van der Waals surface area (Å²) in [6, 6.07) is 14.2. The molecule has 5 nitrogen and oxygen atoms in total. The summed E-state index contributed by atoms with van der Waals surface area (Å²) >= 11 is 3.28. The molecule has 2 aromatic rings. The lowest BCUT2D eigenvalue weighted by atomic mass is 10.1. The van der Waals surface area contributed by atoms with Crippen LogP contribution in [0.3, 0.4) is 0 Å². The lowest BCUT2D eigenvalue weighted by Crippen LogP contribution is -2.19. The average molecular weight is 411 g/mol. The SMILES string of the molecule is COc1ccc(CC/C(C)=N\NS(=O)(=O)c2ccc(Br)cc2)cc1. The number of nitrogens with zero attached hydrogens (tertiary/aromatic N) is 1. The molecule has 0 fully saturated rings. The van der Waals surface area contributed by atoms with Crippen molar-refractivity contribution in [2.75, 3.05) is 7.11 Å². The van der Waals surface area contributed by atoms with Gasteiger partial charge in [0.25, 0.3) is 10.0 Å². The van der Waals surface area contributed by atoms with Gasteiger partial charge in [0.05, 0.1) is 12.0 Å². The smallest absolute Gasteiger partial charge is 0.276 e. The van der Waals surface area contributed by atoms with E-state index in [0.717, 1.165) is 22.2 Å². The first-order chi connectivity index (χ1) is 11.4. The minimum absolute atomic E-state index is 0.178. The van der Waals surface area contributed by atoms with Gasteiger partial charge in [-0.25, -0.2) is 4.83 Å². The molecule has 0 bridgehead atoms. The van der Waals surface area contributed by atoms with Gasteiger partial charge in [-0.2, -0.15) is 13.5 Å². The second kappa shape index (κ2) is 8.30. The van der Waals surface area contributed by atoms with Gasteiger partial charge in [-0.15, -0.1) is 0 Å². The first-order valence-corrected chi connectivity index (χ1v) is 9.62. The molecule has 2 aromatic carbocycles. The van der Waals surface area contributed by atoms with Crippen LogP contribution in [-0.2, 0) is 16.4 Å². The van der Waals surface area contributed by atoms with E-state index in [-0.39, 0.29) is 4.90 Å². The molecule has 0 aliphatic carbocycles. The van der Waals surface area contributed by atoms with Crippen LogP contribution in [0.5, 0.6) is 5.75 Å². The fourth-order valence-corrected chi connectivity index (χ4v) is 3.12. The predicted molar refractivity (Wildman–Crippen MR) is 98.9 cm³/mol. The van der Waals surface area contributed by atoms with Crippen LogP contribution in [0.2, 0.25) is 0 Å². The van der Waals surface area contributed by atoms with E-state index in [0.29, 0.717) is 12.1 Å². The third-order valence-corrected chi connectivity index (χ3v) is 5.17. The van der Waals surface area contributed by atoms with E-state index < -0.39 is 10.0 Å². The Bertz CT molecular complexity index is 801. The minimum Gasteiger partial charge on any atom is -0.497 e. The van der Waals surface area contributed by atoms with E-state index in [2.05, 4.69) is 25.9 Å². The van der Waals surface area contributed by atoms with Crippen LogP contribution in [-0.4, -0.2) is 21.2 Å². The molecular formula is C17H19BrN2O3S. The number of rotatable bonds is 7. The Hall–Kier alpha value is -1.86. The summed E-state index contributed by atoms with van der Waals surface area (Å²) < 4.78 is 30.2. The number of hydrogen-bond donors (Lipinski definition) is 1. The lowest BCUT2D eigenvalue weighted by molar-refractivity contribution is 0.414. The molecule has 0 aliphatic heterocycles. The third kappa shape index (κ3) is 5.35. The number of benzene rings is 2. The molecule has 0 radical (unpaired) electrons. The van der Waals surface area contributed by atoms with Crippen LogP contribution in [0.1, 0.15) is 18.9 Å². The molecule has 24 heavy (non-hydrogen) atoms. The number of hydrazone groups is 1. The fraction of sp³-hybridized carbons (Fsp3) is 0.235. The standard InChI is InChI=1S/C17H19BrN2O3S/c1-13(3-4-14-5-9-16(23-2)10-6-14)19-20-24(21,22)17-11-7-15(18)8-12-17/h5-12,20H,3-4H2,1-2H3/b19-13-. The quantitative estimate of drug-likeness (QED) is 0.558. The molecule has 0 amide bonds. The molecular weight excluding hydrogens is 392 g/mol. The summed E-state index contributed by atoms with van der Waals surface area (Å²) in [6.07, 6.45) is 1.44. The van der Waals surface area contributed by atoms with Gasteiger partial charge in [-0.1, -0.05) is 28.1 Å². The van der Waals surface area contributed by atoms with Crippen molar-refractivity contribution in [1.82, 2.24) is 4.83 Å². The first kappa shape index (κ1) is 18.5. The largest absolute Gasteiger partial charge is 0.497 e. The topological polar surface area (TPSA) is 67.8 Å². The van der Waals surface area contributed by atoms with Crippen LogP contribution < -0.4 is 9.57 Å². The van der Waals surface area contributed by atoms with Crippen molar-refractivity contribution in [3.8, 4) is 5.75 Å². The highest BCUT2D eigenvalue weighted by atomic mass is 79.9. The molecule has 0 unspecified atom stereocenters. The number of halogens is 1. The summed E-state index contributed by atoms with van der Waals surface area (Å²) in [6.45, 7) is 1.80. The van der Waals surface area contributed by atoms with Gasteiger partial charge in [0.2, 0.25) is 0 Å². The fourth-order valence-electron chi connectivity index (χ4n) is 1.98. The summed E-state index contributed by atoms with van der Waals surface area (Å²) in [5.41, 5.74) is 1.85. The Kier molecular flexibility index (Phi) is 6.39. The Labute approximate surface area is 150 Å². The summed E-state index contributed by atoms with van der Waals surface area (Å²) in [5, 5.41) is 3.99. The van der Waals surface area contributed by atoms with E-state index >= 15 is 0 Å². The molecule has 1 N–H and O–H groups in total. The number of aryl methyl sites for hydroxylation is 1. The van der Waals surface area contributed by atoms with Gasteiger partial charge in [0, 0.05) is 10.2 Å². The van der Waals surface area contributed by atoms with Gasteiger partial charge in [-0.05, 0) is 61.7 Å². The van der Waals surface area contributed by atoms with Gasteiger partial charge in [0.15, 0.2) is 0 Å². The van der Waals surface area contributed by atoms with Crippen molar-refractivity contribution < 1.29 is 13.2 Å². The zero-order valence-electron chi connectivity index (χ0n) is 13.5. The Morgan fingerprint density at radius 2 is 1.75 bits per heavy atom. The number of hydrogen-bond acceptors (Lipinski definition) is 4. The number of methoxy groups -OCH3 is 1. The molecule has 7 heteroatoms. The van der Waals surface area contributed by atoms with Crippen molar-refractivity contribution in [2.45, 2.75) is 24.7 Å². The molecule has 128 valence electrons. The van der Waals surface area contributed by atoms with E-state index in [1.54, 1.807) is 26.2 Å². The molecule has 2 rings (SSSR count). The second-order valence-corrected chi connectivity index (χ2v) is 7.82. The Balaban J connectivity index is 1.94. The Morgan fingerprint density at radius 1 is 1.12 bits per heavy atom. The van der Waals surface area contributed by atoms with Gasteiger partial charge >= 0.3 is 0 Å². The number of ether oxygens (including phenoxy) is 1. The van der Waals surface area contributed by atoms with Crippen molar-refractivity contribution in [1.29, 1.82) is 0 Å². The lowest BCUT2D eigenvalue weighted by Gasteiger charge is -2.06. The highest BCUT2D eigenvalue weighted by Crippen LogP contribution is 2.15. The van der Waals surface area contributed by atoms with Crippen molar-refractivity contribution >= 4 is 31.7 Å². The molecule has 0 aliphatic rings. The van der Waals surface area contributed by atoms with E-state index in [1.807, 2.05) is 24.3 Å².